The minimum absolute atomic E-state index is 0.215. The molecule has 0 saturated carbocycles. The van der Waals surface area contributed by atoms with Crippen molar-refractivity contribution in [2.45, 2.75) is 6.04 Å². The van der Waals surface area contributed by atoms with Crippen molar-refractivity contribution >= 4 is 11.9 Å². The number of amides is 3. The normalized spacial score (nSPS) is 20.8. The third-order valence-corrected chi connectivity index (χ3v) is 3.80. The van der Waals surface area contributed by atoms with Gasteiger partial charge in [0.1, 0.15) is 5.82 Å². The minimum Gasteiger partial charge on any atom is -0.383 e. The zero-order valence-corrected chi connectivity index (χ0v) is 12.1. The van der Waals surface area contributed by atoms with Crippen LogP contribution in [0.5, 0.6) is 0 Å². The van der Waals surface area contributed by atoms with Crippen molar-refractivity contribution < 1.29 is 18.7 Å². The topological polar surface area (TPSA) is 70.7 Å². The van der Waals surface area contributed by atoms with Gasteiger partial charge in [-0.3, -0.25) is 4.79 Å². The molecule has 0 unspecified atom stereocenters. The Morgan fingerprint density at radius 2 is 2.14 bits per heavy atom. The van der Waals surface area contributed by atoms with Crippen LogP contribution in [0.4, 0.5) is 9.18 Å². The Bertz CT molecular complexity index is 659. The molecule has 7 heteroatoms. The van der Waals surface area contributed by atoms with E-state index in [4.69, 9.17) is 4.74 Å². The second kappa shape index (κ2) is 5.76. The molecule has 3 rings (SSSR count). The smallest absolute Gasteiger partial charge is 0.319 e. The lowest BCUT2D eigenvalue weighted by atomic mass is 9.96. The van der Waals surface area contributed by atoms with Crippen molar-refractivity contribution in [2.75, 3.05) is 26.8 Å². The fourth-order valence-electron chi connectivity index (χ4n) is 2.75. The molecule has 0 spiro atoms. The standard InChI is InChI=1S/C15H16FN3O3/c1-22-7-6-19-8-11-12(14(19)20)13(18-15(21)17-11)9-4-2-3-5-10(9)16/h2-5,13H,6-8H2,1H3,(H2,17,18,21)/t13-/m0/s1. The maximum absolute atomic E-state index is 14.0. The van der Waals surface area contributed by atoms with E-state index in [-0.39, 0.29) is 11.5 Å². The fraction of sp³-hybridized carbons (Fsp3) is 0.333. The van der Waals surface area contributed by atoms with Crippen LogP contribution >= 0.6 is 0 Å². The Balaban J connectivity index is 1.95. The summed E-state index contributed by atoms with van der Waals surface area (Å²) in [7, 11) is 1.55. The molecule has 0 saturated heterocycles. The number of carbonyl (C=O) groups is 2. The Morgan fingerprint density at radius 1 is 1.36 bits per heavy atom. The number of urea groups is 1. The second-order valence-corrected chi connectivity index (χ2v) is 5.16. The van der Waals surface area contributed by atoms with Crippen molar-refractivity contribution in [1.29, 1.82) is 0 Å². The lowest BCUT2D eigenvalue weighted by Crippen LogP contribution is -2.44. The van der Waals surface area contributed by atoms with Gasteiger partial charge in [-0.15, -0.1) is 0 Å². The van der Waals surface area contributed by atoms with Gasteiger partial charge in [-0.1, -0.05) is 18.2 Å². The molecule has 22 heavy (non-hydrogen) atoms. The van der Waals surface area contributed by atoms with Crippen molar-refractivity contribution in [1.82, 2.24) is 15.5 Å². The predicted octanol–water partition coefficient (Wildman–Crippen LogP) is 0.922. The van der Waals surface area contributed by atoms with E-state index in [1.807, 2.05) is 0 Å². The Kier molecular flexibility index (Phi) is 3.81. The number of halogens is 1. The van der Waals surface area contributed by atoms with Gasteiger partial charge < -0.3 is 20.3 Å². The van der Waals surface area contributed by atoms with Gasteiger partial charge in [0.2, 0.25) is 0 Å². The number of ether oxygens (including phenoxy) is 1. The molecule has 2 N–H and O–H groups in total. The average Bonchev–Trinajstić information content (AvgIpc) is 2.81. The zero-order valence-electron chi connectivity index (χ0n) is 12.1. The van der Waals surface area contributed by atoms with E-state index in [1.165, 1.54) is 6.07 Å². The molecule has 1 aromatic carbocycles. The van der Waals surface area contributed by atoms with E-state index >= 15 is 0 Å². The van der Waals surface area contributed by atoms with Gasteiger partial charge in [0, 0.05) is 19.2 Å². The number of benzene rings is 1. The van der Waals surface area contributed by atoms with Gasteiger partial charge in [0.05, 0.1) is 30.5 Å². The summed E-state index contributed by atoms with van der Waals surface area (Å²) in [6.07, 6.45) is 0. The Morgan fingerprint density at radius 3 is 2.86 bits per heavy atom. The van der Waals surface area contributed by atoms with Crippen LogP contribution in [-0.2, 0) is 9.53 Å². The lowest BCUT2D eigenvalue weighted by molar-refractivity contribution is -0.126. The zero-order chi connectivity index (χ0) is 15.7. The molecule has 116 valence electrons. The Labute approximate surface area is 126 Å². The highest BCUT2D eigenvalue weighted by Gasteiger charge is 2.40. The van der Waals surface area contributed by atoms with Gasteiger partial charge in [0.25, 0.3) is 5.91 Å². The molecule has 2 heterocycles. The van der Waals surface area contributed by atoms with Crippen LogP contribution in [0.15, 0.2) is 35.5 Å². The molecular weight excluding hydrogens is 289 g/mol. The second-order valence-electron chi connectivity index (χ2n) is 5.16. The van der Waals surface area contributed by atoms with Crippen LogP contribution in [0, 0.1) is 5.82 Å². The average molecular weight is 305 g/mol. The number of nitrogens with zero attached hydrogens (tertiary/aromatic N) is 1. The van der Waals surface area contributed by atoms with E-state index in [2.05, 4.69) is 10.6 Å². The van der Waals surface area contributed by atoms with E-state index < -0.39 is 17.9 Å². The van der Waals surface area contributed by atoms with Crippen LogP contribution in [0.3, 0.4) is 0 Å². The summed E-state index contributed by atoms with van der Waals surface area (Å²) >= 11 is 0. The van der Waals surface area contributed by atoms with Crippen molar-refractivity contribution in [3.05, 3.63) is 46.9 Å². The predicted molar refractivity (Wildman–Crippen MR) is 76.3 cm³/mol. The first-order chi connectivity index (χ1) is 10.6. The maximum Gasteiger partial charge on any atom is 0.319 e. The molecule has 6 nitrogen and oxygen atoms in total. The number of carbonyl (C=O) groups excluding carboxylic acids is 2. The van der Waals surface area contributed by atoms with Crippen LogP contribution in [0.2, 0.25) is 0 Å². The monoisotopic (exact) mass is 305 g/mol. The SMILES string of the molecule is COCCN1CC2=C(C1=O)[C@H](c1ccccc1F)NC(=O)N2. The maximum atomic E-state index is 14.0. The van der Waals surface area contributed by atoms with Gasteiger partial charge >= 0.3 is 6.03 Å². The number of methoxy groups -OCH3 is 1. The van der Waals surface area contributed by atoms with E-state index in [9.17, 15) is 14.0 Å². The van der Waals surface area contributed by atoms with Crippen LogP contribution in [0.1, 0.15) is 11.6 Å². The van der Waals surface area contributed by atoms with E-state index in [0.29, 0.717) is 31.0 Å². The van der Waals surface area contributed by atoms with Gasteiger partial charge in [0.15, 0.2) is 0 Å². The van der Waals surface area contributed by atoms with Gasteiger partial charge in [-0.05, 0) is 6.07 Å². The molecule has 0 radical (unpaired) electrons. The van der Waals surface area contributed by atoms with Crippen LogP contribution in [-0.4, -0.2) is 43.6 Å². The Hall–Kier alpha value is -2.41. The molecule has 0 bridgehead atoms. The molecular formula is C15H16FN3O3. The summed E-state index contributed by atoms with van der Waals surface area (Å²) in [5.41, 5.74) is 1.20. The first kappa shape index (κ1) is 14.5. The molecule has 3 amide bonds. The lowest BCUT2D eigenvalue weighted by Gasteiger charge is -2.25. The molecule has 0 aromatic heterocycles. The highest BCUT2D eigenvalue weighted by Crippen LogP contribution is 2.33. The van der Waals surface area contributed by atoms with Crippen LogP contribution in [0.25, 0.3) is 0 Å². The molecule has 2 aliphatic heterocycles. The molecule has 2 aliphatic rings. The third kappa shape index (κ3) is 2.43. The fourth-order valence-corrected chi connectivity index (χ4v) is 2.75. The van der Waals surface area contributed by atoms with Crippen molar-refractivity contribution in [3.63, 3.8) is 0 Å². The van der Waals surface area contributed by atoms with E-state index in [0.717, 1.165) is 0 Å². The molecule has 1 atom stereocenters. The molecule has 1 aromatic rings. The highest BCUT2D eigenvalue weighted by atomic mass is 19.1. The summed E-state index contributed by atoms with van der Waals surface area (Å²) < 4.78 is 19.0. The number of hydrogen-bond acceptors (Lipinski definition) is 3. The summed E-state index contributed by atoms with van der Waals surface area (Å²) in [6.45, 7) is 1.12. The van der Waals surface area contributed by atoms with Gasteiger partial charge in [-0.2, -0.15) is 0 Å². The minimum atomic E-state index is -0.773. The molecule has 0 aliphatic carbocycles. The summed E-state index contributed by atoms with van der Waals surface area (Å²) in [4.78, 5) is 25.9. The quantitative estimate of drug-likeness (QED) is 0.869. The summed E-state index contributed by atoms with van der Waals surface area (Å²) in [5, 5.41) is 5.26. The number of rotatable bonds is 4. The summed E-state index contributed by atoms with van der Waals surface area (Å²) in [6, 6.07) is 4.92. The van der Waals surface area contributed by atoms with Gasteiger partial charge in [-0.25, -0.2) is 9.18 Å². The number of hydrogen-bond donors (Lipinski definition) is 2. The van der Waals surface area contributed by atoms with Crippen molar-refractivity contribution in [2.24, 2.45) is 0 Å². The van der Waals surface area contributed by atoms with Crippen molar-refractivity contribution in [3.8, 4) is 0 Å². The first-order valence-electron chi connectivity index (χ1n) is 6.95. The third-order valence-electron chi connectivity index (χ3n) is 3.80. The summed E-state index contributed by atoms with van der Waals surface area (Å²) in [5.74, 6) is -0.669. The first-order valence-corrected chi connectivity index (χ1v) is 6.95. The highest BCUT2D eigenvalue weighted by molar-refractivity contribution is 6.01. The largest absolute Gasteiger partial charge is 0.383 e. The molecule has 0 fully saturated rings. The number of nitrogens with one attached hydrogen (secondary N) is 2. The van der Waals surface area contributed by atoms with Crippen LogP contribution < -0.4 is 10.6 Å². The van der Waals surface area contributed by atoms with E-state index in [1.54, 1.807) is 30.2 Å².